The number of benzene rings is 1. The van der Waals surface area contributed by atoms with Crippen LogP contribution in [0.5, 0.6) is 0 Å². The van der Waals surface area contributed by atoms with Crippen LogP contribution in [0.4, 0.5) is 0 Å². The Balaban J connectivity index is 1.49. The van der Waals surface area contributed by atoms with Crippen molar-refractivity contribution in [3.8, 4) is 0 Å². The van der Waals surface area contributed by atoms with Crippen LogP contribution in [0.1, 0.15) is 44.3 Å². The van der Waals surface area contributed by atoms with Crippen molar-refractivity contribution >= 4 is 5.91 Å². The quantitative estimate of drug-likeness (QED) is 0.750. The highest BCUT2D eigenvalue weighted by atomic mass is 16.5. The second-order valence-electron chi connectivity index (χ2n) is 6.56. The molecule has 4 atom stereocenters. The number of amides is 1. The van der Waals surface area contributed by atoms with Gasteiger partial charge in [0.1, 0.15) is 6.04 Å². The minimum atomic E-state index is -0.121. The third-order valence-corrected chi connectivity index (χ3v) is 4.82. The van der Waals surface area contributed by atoms with Gasteiger partial charge >= 0.3 is 0 Å². The van der Waals surface area contributed by atoms with Crippen molar-refractivity contribution in [1.82, 2.24) is 16.2 Å². The van der Waals surface area contributed by atoms with Crippen molar-refractivity contribution < 1.29 is 9.53 Å². The van der Waals surface area contributed by atoms with Gasteiger partial charge in [-0.25, -0.2) is 5.43 Å². The standard InChI is InChI=1S/C18H27N3O2/c1-2-6-15-11-16(21-20-15)18(22)19-12-14-9-10-23-17(14)13-7-4-3-5-8-13/h3-5,7-8,14-17,20-21H,2,6,9-12H2,1H3,(H,19,22)/t14-,15?,16?,17-/m0/s1. The molecule has 2 fully saturated rings. The summed E-state index contributed by atoms with van der Waals surface area (Å²) in [6.45, 7) is 3.61. The van der Waals surface area contributed by atoms with Crippen molar-refractivity contribution in [2.45, 2.75) is 50.8 Å². The molecule has 2 aliphatic heterocycles. The number of hydrogen-bond donors (Lipinski definition) is 3. The molecule has 0 aromatic heterocycles. The second-order valence-corrected chi connectivity index (χ2v) is 6.56. The highest BCUT2D eigenvalue weighted by Gasteiger charge is 2.32. The van der Waals surface area contributed by atoms with Crippen LogP contribution >= 0.6 is 0 Å². The van der Waals surface area contributed by atoms with Gasteiger partial charge in [0.25, 0.3) is 0 Å². The van der Waals surface area contributed by atoms with Crippen molar-refractivity contribution in [3.63, 3.8) is 0 Å². The van der Waals surface area contributed by atoms with Crippen LogP contribution in [0.15, 0.2) is 30.3 Å². The number of carbonyl (C=O) groups excluding carboxylic acids is 1. The van der Waals surface area contributed by atoms with Crippen LogP contribution in [0.3, 0.4) is 0 Å². The summed E-state index contributed by atoms with van der Waals surface area (Å²) in [7, 11) is 0. The fourth-order valence-corrected chi connectivity index (χ4v) is 3.54. The maximum atomic E-state index is 12.3. The van der Waals surface area contributed by atoms with Gasteiger partial charge in [-0.1, -0.05) is 43.7 Å². The Morgan fingerprint density at radius 2 is 2.13 bits per heavy atom. The fourth-order valence-electron chi connectivity index (χ4n) is 3.54. The van der Waals surface area contributed by atoms with Crippen LogP contribution in [-0.4, -0.2) is 31.1 Å². The highest BCUT2D eigenvalue weighted by Crippen LogP contribution is 2.33. The summed E-state index contributed by atoms with van der Waals surface area (Å²) >= 11 is 0. The largest absolute Gasteiger partial charge is 0.373 e. The van der Waals surface area contributed by atoms with E-state index in [4.69, 9.17) is 4.74 Å². The van der Waals surface area contributed by atoms with E-state index < -0.39 is 0 Å². The van der Waals surface area contributed by atoms with Crippen molar-refractivity contribution in [2.75, 3.05) is 13.2 Å². The van der Waals surface area contributed by atoms with Gasteiger partial charge in [-0.05, 0) is 24.8 Å². The molecule has 5 nitrogen and oxygen atoms in total. The predicted molar refractivity (Wildman–Crippen MR) is 89.6 cm³/mol. The van der Waals surface area contributed by atoms with E-state index in [9.17, 15) is 4.79 Å². The Hall–Kier alpha value is -1.43. The molecule has 0 spiro atoms. The van der Waals surface area contributed by atoms with Gasteiger partial charge in [-0.3, -0.25) is 10.2 Å². The molecule has 0 bridgehead atoms. The molecule has 2 aliphatic rings. The van der Waals surface area contributed by atoms with Crippen LogP contribution in [0, 0.1) is 5.92 Å². The Kier molecular flexibility index (Phi) is 5.65. The molecule has 126 valence electrons. The summed E-state index contributed by atoms with van der Waals surface area (Å²) in [6, 6.07) is 10.6. The Labute approximate surface area is 138 Å². The summed E-state index contributed by atoms with van der Waals surface area (Å²) in [5.41, 5.74) is 7.53. The monoisotopic (exact) mass is 317 g/mol. The lowest BCUT2D eigenvalue weighted by molar-refractivity contribution is -0.123. The Morgan fingerprint density at radius 1 is 1.30 bits per heavy atom. The third kappa shape index (κ3) is 4.10. The summed E-state index contributed by atoms with van der Waals surface area (Å²) in [4.78, 5) is 12.3. The number of ether oxygens (including phenoxy) is 1. The third-order valence-electron chi connectivity index (χ3n) is 4.82. The smallest absolute Gasteiger partial charge is 0.238 e. The molecule has 1 aromatic carbocycles. The van der Waals surface area contributed by atoms with Crippen molar-refractivity contribution in [3.05, 3.63) is 35.9 Å². The molecule has 0 radical (unpaired) electrons. The molecular formula is C18H27N3O2. The normalized spacial score (nSPS) is 30.5. The number of hydrazine groups is 1. The molecule has 1 aromatic rings. The molecule has 2 unspecified atom stereocenters. The van der Waals surface area contributed by atoms with E-state index in [1.165, 1.54) is 5.56 Å². The average molecular weight is 317 g/mol. The molecule has 23 heavy (non-hydrogen) atoms. The van der Waals surface area contributed by atoms with Crippen LogP contribution in [0.2, 0.25) is 0 Å². The molecule has 1 amide bonds. The van der Waals surface area contributed by atoms with Crippen LogP contribution in [-0.2, 0) is 9.53 Å². The molecule has 3 rings (SSSR count). The van der Waals surface area contributed by atoms with Gasteiger partial charge in [0, 0.05) is 25.1 Å². The zero-order chi connectivity index (χ0) is 16.1. The van der Waals surface area contributed by atoms with Crippen LogP contribution < -0.4 is 16.2 Å². The maximum absolute atomic E-state index is 12.3. The van der Waals surface area contributed by atoms with Gasteiger partial charge in [0.05, 0.1) is 6.10 Å². The Morgan fingerprint density at radius 3 is 2.91 bits per heavy atom. The first-order chi connectivity index (χ1) is 11.3. The lowest BCUT2D eigenvalue weighted by Crippen LogP contribution is -2.44. The summed E-state index contributed by atoms with van der Waals surface area (Å²) in [5.74, 6) is 0.442. The molecular weight excluding hydrogens is 290 g/mol. The first-order valence-electron chi connectivity index (χ1n) is 8.73. The topological polar surface area (TPSA) is 62.4 Å². The highest BCUT2D eigenvalue weighted by molar-refractivity contribution is 5.82. The van der Waals surface area contributed by atoms with Crippen molar-refractivity contribution in [1.29, 1.82) is 0 Å². The van der Waals surface area contributed by atoms with Gasteiger partial charge in [0.2, 0.25) is 5.91 Å². The minimum Gasteiger partial charge on any atom is -0.373 e. The fraction of sp³-hybridized carbons (Fsp3) is 0.611. The molecule has 0 aliphatic carbocycles. The lowest BCUT2D eigenvalue weighted by Gasteiger charge is -2.20. The zero-order valence-electron chi connectivity index (χ0n) is 13.8. The maximum Gasteiger partial charge on any atom is 0.238 e. The summed E-state index contributed by atoms with van der Waals surface area (Å²) < 4.78 is 5.88. The van der Waals surface area contributed by atoms with Gasteiger partial charge in [0.15, 0.2) is 0 Å². The number of rotatable bonds is 6. The van der Waals surface area contributed by atoms with Gasteiger partial charge in [-0.2, -0.15) is 0 Å². The molecule has 2 saturated heterocycles. The van der Waals surface area contributed by atoms with E-state index in [0.29, 0.717) is 18.5 Å². The average Bonchev–Trinajstić information content (AvgIpc) is 3.23. The van der Waals surface area contributed by atoms with Gasteiger partial charge < -0.3 is 10.1 Å². The van der Waals surface area contributed by atoms with Crippen LogP contribution in [0.25, 0.3) is 0 Å². The van der Waals surface area contributed by atoms with Crippen molar-refractivity contribution in [2.24, 2.45) is 5.92 Å². The first-order valence-corrected chi connectivity index (χ1v) is 8.73. The molecule has 2 heterocycles. The minimum absolute atomic E-state index is 0.0924. The number of carbonyl (C=O) groups is 1. The van der Waals surface area contributed by atoms with E-state index >= 15 is 0 Å². The number of nitrogens with one attached hydrogen (secondary N) is 3. The second kappa shape index (κ2) is 7.90. The summed E-state index contributed by atoms with van der Waals surface area (Å²) in [6.07, 6.45) is 4.19. The number of hydrogen-bond acceptors (Lipinski definition) is 4. The first kappa shape index (κ1) is 16.4. The lowest BCUT2D eigenvalue weighted by atomic mass is 9.95. The van der Waals surface area contributed by atoms with Gasteiger partial charge in [-0.15, -0.1) is 0 Å². The van der Waals surface area contributed by atoms with E-state index in [0.717, 1.165) is 32.3 Å². The van der Waals surface area contributed by atoms with E-state index in [1.807, 2.05) is 18.2 Å². The van der Waals surface area contributed by atoms with E-state index in [2.05, 4.69) is 35.2 Å². The Bertz CT molecular complexity index is 508. The predicted octanol–water partition coefficient (Wildman–Crippen LogP) is 1.92. The molecule has 5 heteroatoms. The molecule has 0 saturated carbocycles. The SMILES string of the molecule is CCCC1CC(C(=O)NC[C@@H]2CCO[C@H]2c2ccccc2)NN1. The van der Waals surface area contributed by atoms with E-state index in [1.54, 1.807) is 0 Å². The molecule has 3 N–H and O–H groups in total. The summed E-state index contributed by atoms with van der Waals surface area (Å²) in [5, 5.41) is 3.11. The zero-order valence-corrected chi connectivity index (χ0v) is 13.8. The van der Waals surface area contributed by atoms with E-state index in [-0.39, 0.29) is 18.1 Å².